The largest absolute Gasteiger partial charge is 0.470 e. The first kappa shape index (κ1) is 15.2. The van der Waals surface area contributed by atoms with Crippen LogP contribution in [-0.2, 0) is 6.42 Å². The number of aryl methyl sites for hydroxylation is 1. The van der Waals surface area contributed by atoms with Crippen molar-refractivity contribution in [3.05, 3.63) is 30.4 Å². The van der Waals surface area contributed by atoms with Crippen LogP contribution in [-0.4, -0.2) is 27.1 Å². The number of hydrogen-bond donors (Lipinski definition) is 3. The third kappa shape index (κ3) is 4.98. The van der Waals surface area contributed by atoms with Gasteiger partial charge in [0, 0.05) is 25.4 Å². The number of pyridine rings is 1. The lowest BCUT2D eigenvalue weighted by atomic mass is 10.2. The number of nitrogens with two attached hydrogens (primary N) is 1. The maximum atomic E-state index is 5.89. The average molecular weight is 289 g/mol. The highest BCUT2D eigenvalue weighted by atomic mass is 16.5. The highest BCUT2D eigenvalue weighted by Crippen LogP contribution is 2.24. The SMILES string of the molecule is CC(C)(C)Oc1nc(NCCCc2ncc[nH]2)ccc1N. The monoisotopic (exact) mass is 289 g/mol. The molecule has 0 fully saturated rings. The Labute approximate surface area is 125 Å². The molecule has 0 aliphatic carbocycles. The van der Waals surface area contributed by atoms with Crippen LogP contribution in [0.4, 0.5) is 11.5 Å². The molecule has 0 radical (unpaired) electrons. The number of nitrogens with zero attached hydrogens (tertiary/aromatic N) is 2. The van der Waals surface area contributed by atoms with Crippen molar-refractivity contribution in [3.8, 4) is 5.88 Å². The van der Waals surface area contributed by atoms with Gasteiger partial charge in [-0.1, -0.05) is 0 Å². The molecule has 0 aliphatic heterocycles. The predicted molar refractivity (Wildman–Crippen MR) is 84.4 cm³/mol. The fourth-order valence-electron chi connectivity index (χ4n) is 1.83. The molecular weight excluding hydrogens is 266 g/mol. The first-order chi connectivity index (χ1) is 9.94. The molecule has 2 aromatic heterocycles. The fourth-order valence-corrected chi connectivity index (χ4v) is 1.83. The summed E-state index contributed by atoms with van der Waals surface area (Å²) in [6, 6.07) is 3.67. The van der Waals surface area contributed by atoms with Crippen molar-refractivity contribution in [3.63, 3.8) is 0 Å². The number of aromatic amines is 1. The summed E-state index contributed by atoms with van der Waals surface area (Å²) in [6.45, 7) is 6.72. The summed E-state index contributed by atoms with van der Waals surface area (Å²) < 4.78 is 5.75. The van der Waals surface area contributed by atoms with Gasteiger partial charge in [-0.05, 0) is 39.3 Å². The van der Waals surface area contributed by atoms with Crippen molar-refractivity contribution in [2.24, 2.45) is 0 Å². The van der Waals surface area contributed by atoms with Gasteiger partial charge in [-0.25, -0.2) is 4.98 Å². The minimum atomic E-state index is -0.320. The van der Waals surface area contributed by atoms with E-state index in [2.05, 4.69) is 20.3 Å². The highest BCUT2D eigenvalue weighted by molar-refractivity contribution is 5.53. The van der Waals surface area contributed by atoms with E-state index in [1.165, 1.54) is 0 Å². The first-order valence-electron chi connectivity index (χ1n) is 7.12. The van der Waals surface area contributed by atoms with E-state index in [0.717, 1.165) is 31.0 Å². The van der Waals surface area contributed by atoms with Crippen LogP contribution in [0.5, 0.6) is 5.88 Å². The predicted octanol–water partition coefficient (Wildman–Crippen LogP) is 2.61. The van der Waals surface area contributed by atoms with Gasteiger partial charge < -0.3 is 20.8 Å². The van der Waals surface area contributed by atoms with Gasteiger partial charge in [-0.15, -0.1) is 0 Å². The van der Waals surface area contributed by atoms with E-state index in [1.54, 1.807) is 6.20 Å². The van der Waals surface area contributed by atoms with E-state index in [0.29, 0.717) is 11.6 Å². The number of anilines is 2. The number of rotatable bonds is 6. The zero-order valence-corrected chi connectivity index (χ0v) is 12.8. The van der Waals surface area contributed by atoms with Gasteiger partial charge in [0.05, 0.1) is 5.69 Å². The Bertz CT molecular complexity index is 560. The van der Waals surface area contributed by atoms with Crippen LogP contribution < -0.4 is 15.8 Å². The van der Waals surface area contributed by atoms with E-state index in [-0.39, 0.29) is 5.60 Å². The number of imidazole rings is 1. The summed E-state index contributed by atoms with van der Waals surface area (Å²) in [7, 11) is 0. The molecule has 2 heterocycles. The number of hydrogen-bond acceptors (Lipinski definition) is 5. The van der Waals surface area contributed by atoms with Crippen LogP contribution in [0.15, 0.2) is 24.5 Å². The van der Waals surface area contributed by atoms with Crippen LogP contribution in [0.2, 0.25) is 0 Å². The first-order valence-corrected chi connectivity index (χ1v) is 7.12. The highest BCUT2D eigenvalue weighted by Gasteiger charge is 2.15. The minimum absolute atomic E-state index is 0.320. The normalized spacial score (nSPS) is 11.4. The summed E-state index contributed by atoms with van der Waals surface area (Å²) in [5, 5.41) is 3.27. The molecule has 6 nitrogen and oxygen atoms in total. The van der Waals surface area contributed by atoms with Crippen molar-refractivity contribution >= 4 is 11.5 Å². The molecule has 2 aromatic rings. The zero-order chi connectivity index (χ0) is 15.3. The summed E-state index contributed by atoms with van der Waals surface area (Å²) in [6.07, 6.45) is 5.47. The van der Waals surface area contributed by atoms with Crippen molar-refractivity contribution in [2.75, 3.05) is 17.6 Å². The summed E-state index contributed by atoms with van der Waals surface area (Å²) in [4.78, 5) is 11.7. The molecule has 0 atom stereocenters. The molecule has 114 valence electrons. The second kappa shape index (κ2) is 6.47. The fraction of sp³-hybridized carbons (Fsp3) is 0.467. The van der Waals surface area contributed by atoms with Crippen LogP contribution in [0, 0.1) is 0 Å². The van der Waals surface area contributed by atoms with E-state index < -0.39 is 0 Å². The van der Waals surface area contributed by atoms with Crippen molar-refractivity contribution in [2.45, 2.75) is 39.2 Å². The second-order valence-corrected chi connectivity index (χ2v) is 5.87. The standard InChI is InChI=1S/C15H23N5O/c1-15(2,3)21-14-11(16)6-7-13(20-14)17-8-4-5-12-18-9-10-19-12/h6-7,9-10H,4-5,8,16H2,1-3H3,(H,17,20)(H,18,19). The molecule has 0 bridgehead atoms. The molecule has 0 spiro atoms. The van der Waals surface area contributed by atoms with Gasteiger partial charge in [-0.3, -0.25) is 0 Å². The molecular formula is C15H23N5O. The lowest BCUT2D eigenvalue weighted by molar-refractivity contribution is 0.125. The Morgan fingerprint density at radius 2 is 2.14 bits per heavy atom. The van der Waals surface area contributed by atoms with Crippen LogP contribution >= 0.6 is 0 Å². The second-order valence-electron chi connectivity index (χ2n) is 5.87. The molecule has 0 aliphatic rings. The lowest BCUT2D eigenvalue weighted by Gasteiger charge is -2.21. The lowest BCUT2D eigenvalue weighted by Crippen LogP contribution is -2.24. The van der Waals surface area contributed by atoms with Crippen LogP contribution in [0.3, 0.4) is 0 Å². The molecule has 0 amide bonds. The van der Waals surface area contributed by atoms with Gasteiger partial charge >= 0.3 is 0 Å². The quantitative estimate of drug-likeness (QED) is 0.711. The van der Waals surface area contributed by atoms with Crippen LogP contribution in [0.25, 0.3) is 0 Å². The molecule has 4 N–H and O–H groups in total. The number of H-pyrrole nitrogens is 1. The summed E-state index contributed by atoms with van der Waals surface area (Å²) in [5.41, 5.74) is 6.11. The Hall–Kier alpha value is -2.24. The average Bonchev–Trinajstić information content (AvgIpc) is 2.90. The van der Waals surface area contributed by atoms with E-state index in [1.807, 2.05) is 39.1 Å². The Balaban J connectivity index is 1.87. The smallest absolute Gasteiger partial charge is 0.239 e. The third-order valence-electron chi connectivity index (χ3n) is 2.74. The molecule has 0 aromatic carbocycles. The van der Waals surface area contributed by atoms with Crippen LogP contribution in [0.1, 0.15) is 33.0 Å². The number of aromatic nitrogens is 3. The van der Waals surface area contributed by atoms with Crippen molar-refractivity contribution < 1.29 is 4.74 Å². The molecule has 21 heavy (non-hydrogen) atoms. The molecule has 0 saturated heterocycles. The van der Waals surface area contributed by atoms with E-state index in [9.17, 15) is 0 Å². The van der Waals surface area contributed by atoms with Gasteiger partial charge in [0.1, 0.15) is 17.2 Å². The topological polar surface area (TPSA) is 88.8 Å². The molecule has 0 saturated carbocycles. The van der Waals surface area contributed by atoms with Gasteiger partial charge in [0.2, 0.25) is 5.88 Å². The maximum absolute atomic E-state index is 5.89. The zero-order valence-electron chi connectivity index (χ0n) is 12.8. The Kier molecular flexibility index (Phi) is 4.67. The summed E-state index contributed by atoms with van der Waals surface area (Å²) >= 11 is 0. The van der Waals surface area contributed by atoms with Crippen molar-refractivity contribution in [1.29, 1.82) is 0 Å². The molecule has 2 rings (SSSR count). The third-order valence-corrected chi connectivity index (χ3v) is 2.74. The maximum Gasteiger partial charge on any atom is 0.239 e. The molecule has 6 heteroatoms. The van der Waals surface area contributed by atoms with Crippen molar-refractivity contribution in [1.82, 2.24) is 15.0 Å². The Morgan fingerprint density at radius 3 is 2.81 bits per heavy atom. The van der Waals surface area contributed by atoms with Gasteiger partial charge in [0.15, 0.2) is 0 Å². The minimum Gasteiger partial charge on any atom is -0.470 e. The number of nitrogens with one attached hydrogen (secondary N) is 2. The van der Waals surface area contributed by atoms with E-state index >= 15 is 0 Å². The Morgan fingerprint density at radius 1 is 1.33 bits per heavy atom. The summed E-state index contributed by atoms with van der Waals surface area (Å²) in [5.74, 6) is 2.24. The molecule has 0 unspecified atom stereocenters. The van der Waals surface area contributed by atoms with Gasteiger partial charge in [-0.2, -0.15) is 4.98 Å². The van der Waals surface area contributed by atoms with Gasteiger partial charge in [0.25, 0.3) is 0 Å². The van der Waals surface area contributed by atoms with E-state index in [4.69, 9.17) is 10.5 Å². The number of nitrogen functional groups attached to an aromatic ring is 1. The number of ether oxygens (including phenoxy) is 1.